The summed E-state index contributed by atoms with van der Waals surface area (Å²) >= 11 is 7.16. The van der Waals surface area contributed by atoms with Gasteiger partial charge in [-0.1, -0.05) is 18.2 Å². The van der Waals surface area contributed by atoms with Crippen molar-refractivity contribution in [1.82, 2.24) is 0 Å². The number of rotatable bonds is 5. The van der Waals surface area contributed by atoms with Crippen LogP contribution in [0.5, 0.6) is 0 Å². The number of halogens is 3. The first-order valence-corrected chi connectivity index (χ1v) is 10.7. The summed E-state index contributed by atoms with van der Waals surface area (Å²) in [7, 11) is -5.02. The lowest BCUT2D eigenvalue weighted by molar-refractivity contribution is -0.118. The molecule has 2 aromatic carbocycles. The molecule has 10 heteroatoms. The van der Waals surface area contributed by atoms with Crippen LogP contribution in [0.25, 0.3) is 10.1 Å². The van der Waals surface area contributed by atoms with Crippen LogP contribution < -0.4 is 4.90 Å². The lowest BCUT2D eigenvalue weighted by Crippen LogP contribution is -2.31. The number of hydrogen-bond donors (Lipinski definition) is 2. The third-order valence-electron chi connectivity index (χ3n) is 4.02. The molecule has 1 aromatic heterocycles. The van der Waals surface area contributed by atoms with Gasteiger partial charge in [-0.3, -0.25) is 14.3 Å². The molecule has 0 bridgehead atoms. The standard InChI is InChI=1S/C18H13ClF2NO4PS/c1-2-22(15-5-4-11(20)8-14(15)21)18(23)17(27(24,25)26)13-9-28-16-6-3-10(19)7-12(13)16/h2-9,17H,1H2,(H2,24,25,26). The number of nitrogens with zero attached hydrogens (tertiary/aromatic N) is 1. The van der Waals surface area contributed by atoms with E-state index in [1.165, 1.54) is 22.8 Å². The first kappa shape index (κ1) is 20.6. The summed E-state index contributed by atoms with van der Waals surface area (Å²) < 4.78 is 40.3. The van der Waals surface area contributed by atoms with Crippen molar-refractivity contribution in [3.8, 4) is 0 Å². The Hall–Kier alpha value is -2.09. The average Bonchev–Trinajstić information content (AvgIpc) is 2.99. The number of thiophene rings is 1. The van der Waals surface area contributed by atoms with Crippen molar-refractivity contribution in [3.63, 3.8) is 0 Å². The second-order valence-electron chi connectivity index (χ2n) is 5.81. The molecule has 0 fully saturated rings. The van der Waals surface area contributed by atoms with Gasteiger partial charge in [0.15, 0.2) is 5.66 Å². The van der Waals surface area contributed by atoms with Gasteiger partial charge in [-0.25, -0.2) is 8.78 Å². The van der Waals surface area contributed by atoms with Gasteiger partial charge in [-0.2, -0.15) is 0 Å². The molecule has 0 aliphatic heterocycles. The summed E-state index contributed by atoms with van der Waals surface area (Å²) in [4.78, 5) is 33.5. The number of hydrogen-bond acceptors (Lipinski definition) is 3. The minimum atomic E-state index is -5.02. The summed E-state index contributed by atoms with van der Waals surface area (Å²) in [5.74, 6) is -3.04. The largest absolute Gasteiger partial charge is 0.342 e. The second kappa shape index (κ2) is 7.73. The van der Waals surface area contributed by atoms with E-state index in [4.69, 9.17) is 11.6 Å². The minimum absolute atomic E-state index is 0.0650. The zero-order valence-electron chi connectivity index (χ0n) is 14.1. The van der Waals surface area contributed by atoms with Gasteiger partial charge in [-0.15, -0.1) is 11.3 Å². The fraction of sp³-hybridized carbons (Fsp3) is 0.0556. The van der Waals surface area contributed by atoms with E-state index < -0.39 is 30.8 Å². The fourth-order valence-electron chi connectivity index (χ4n) is 2.81. The Morgan fingerprint density at radius 2 is 1.96 bits per heavy atom. The highest BCUT2D eigenvalue weighted by molar-refractivity contribution is 7.53. The van der Waals surface area contributed by atoms with Crippen molar-refractivity contribution < 1.29 is 27.9 Å². The molecule has 0 saturated heterocycles. The molecule has 1 amide bonds. The van der Waals surface area contributed by atoms with E-state index in [0.29, 0.717) is 26.1 Å². The zero-order valence-corrected chi connectivity index (χ0v) is 16.5. The molecule has 1 atom stereocenters. The molecular weight excluding hydrogens is 431 g/mol. The number of amides is 1. The third-order valence-corrected chi connectivity index (χ3v) is 6.41. The first-order chi connectivity index (χ1) is 13.1. The summed E-state index contributed by atoms with van der Waals surface area (Å²) in [6, 6.07) is 7.25. The van der Waals surface area contributed by atoms with Gasteiger partial charge in [-0.05, 0) is 46.7 Å². The average molecular weight is 444 g/mol. The second-order valence-corrected chi connectivity index (χ2v) is 8.85. The fourth-order valence-corrected chi connectivity index (χ4v) is 5.03. The Kier molecular flexibility index (Phi) is 5.70. The zero-order chi connectivity index (χ0) is 20.6. The summed E-state index contributed by atoms with van der Waals surface area (Å²) in [6.07, 6.45) is 0.919. The van der Waals surface area contributed by atoms with E-state index in [1.807, 2.05) is 0 Å². The van der Waals surface area contributed by atoms with Crippen LogP contribution in [0.4, 0.5) is 14.5 Å². The highest BCUT2D eigenvalue weighted by atomic mass is 35.5. The van der Waals surface area contributed by atoms with Crippen LogP contribution in [0.15, 0.2) is 54.6 Å². The van der Waals surface area contributed by atoms with Crippen LogP contribution in [0.3, 0.4) is 0 Å². The Morgan fingerprint density at radius 1 is 1.25 bits per heavy atom. The predicted octanol–water partition coefficient (Wildman–Crippen LogP) is 5.23. The van der Waals surface area contributed by atoms with Gasteiger partial charge in [0.05, 0.1) is 5.69 Å². The van der Waals surface area contributed by atoms with Gasteiger partial charge in [0.25, 0.3) is 5.91 Å². The van der Waals surface area contributed by atoms with Crippen LogP contribution >= 0.6 is 30.5 Å². The molecule has 0 aliphatic carbocycles. The number of fused-ring (bicyclic) bond motifs is 1. The maximum absolute atomic E-state index is 14.2. The van der Waals surface area contributed by atoms with Crippen LogP contribution in [0, 0.1) is 11.6 Å². The third kappa shape index (κ3) is 3.87. The van der Waals surface area contributed by atoms with E-state index >= 15 is 0 Å². The van der Waals surface area contributed by atoms with E-state index in [9.17, 15) is 27.9 Å². The molecule has 146 valence electrons. The van der Waals surface area contributed by atoms with Gasteiger partial charge < -0.3 is 9.79 Å². The highest BCUT2D eigenvalue weighted by Gasteiger charge is 2.41. The predicted molar refractivity (Wildman–Crippen MR) is 106 cm³/mol. The van der Waals surface area contributed by atoms with E-state index in [1.54, 1.807) is 12.1 Å². The topological polar surface area (TPSA) is 77.8 Å². The molecular formula is C18H13ClF2NO4PS. The van der Waals surface area contributed by atoms with Gasteiger partial charge in [0, 0.05) is 22.0 Å². The molecule has 1 heterocycles. The van der Waals surface area contributed by atoms with Crippen molar-refractivity contribution in [3.05, 3.63) is 76.8 Å². The number of carbonyl (C=O) groups excluding carboxylic acids is 1. The molecule has 0 aliphatic rings. The quantitative estimate of drug-likeness (QED) is 0.529. The van der Waals surface area contributed by atoms with E-state index in [0.717, 1.165) is 18.3 Å². The van der Waals surface area contributed by atoms with E-state index in [2.05, 4.69) is 6.58 Å². The number of carbonyl (C=O) groups is 1. The molecule has 0 saturated carbocycles. The normalized spacial score (nSPS) is 12.8. The highest BCUT2D eigenvalue weighted by Crippen LogP contribution is 2.55. The van der Waals surface area contributed by atoms with Crippen LogP contribution in [-0.2, 0) is 9.36 Å². The van der Waals surface area contributed by atoms with Crippen LogP contribution in [0.2, 0.25) is 5.02 Å². The Balaban J connectivity index is 2.16. The summed E-state index contributed by atoms with van der Waals surface area (Å²) in [5, 5.41) is 2.18. The molecule has 1 unspecified atom stereocenters. The van der Waals surface area contributed by atoms with Crippen molar-refractivity contribution in [2.24, 2.45) is 0 Å². The van der Waals surface area contributed by atoms with Crippen molar-refractivity contribution in [2.75, 3.05) is 4.90 Å². The molecule has 3 rings (SSSR count). The molecule has 0 radical (unpaired) electrons. The summed E-state index contributed by atoms with van der Waals surface area (Å²) in [5.41, 5.74) is -2.23. The molecule has 28 heavy (non-hydrogen) atoms. The van der Waals surface area contributed by atoms with Gasteiger partial charge >= 0.3 is 7.60 Å². The Labute approximate surface area is 167 Å². The Morgan fingerprint density at radius 3 is 2.57 bits per heavy atom. The number of benzene rings is 2. The van der Waals surface area contributed by atoms with Crippen molar-refractivity contribution in [2.45, 2.75) is 5.66 Å². The minimum Gasteiger partial charge on any atom is -0.324 e. The van der Waals surface area contributed by atoms with Crippen molar-refractivity contribution >= 4 is 52.2 Å². The molecule has 2 N–H and O–H groups in total. The number of anilines is 1. The molecule has 3 aromatic rings. The lowest BCUT2D eigenvalue weighted by atomic mass is 10.1. The van der Waals surface area contributed by atoms with Crippen LogP contribution in [0.1, 0.15) is 11.2 Å². The van der Waals surface area contributed by atoms with Gasteiger partial charge in [0.2, 0.25) is 0 Å². The SMILES string of the molecule is C=CN(C(=O)C(c1csc2ccc(Cl)cc12)P(=O)(O)O)c1ccc(F)cc1F. The maximum atomic E-state index is 14.2. The smallest absolute Gasteiger partial charge is 0.324 e. The lowest BCUT2D eigenvalue weighted by Gasteiger charge is -2.25. The Bertz CT molecular complexity index is 1130. The summed E-state index contributed by atoms with van der Waals surface area (Å²) in [6.45, 7) is 3.42. The molecule has 5 nitrogen and oxygen atoms in total. The first-order valence-electron chi connectivity index (χ1n) is 7.76. The van der Waals surface area contributed by atoms with E-state index in [-0.39, 0.29) is 11.3 Å². The van der Waals surface area contributed by atoms with Crippen LogP contribution in [-0.4, -0.2) is 15.7 Å². The molecule has 0 spiro atoms. The van der Waals surface area contributed by atoms with Gasteiger partial charge in [0.1, 0.15) is 11.6 Å². The monoisotopic (exact) mass is 443 g/mol. The van der Waals surface area contributed by atoms with Crippen molar-refractivity contribution in [1.29, 1.82) is 0 Å². The maximum Gasteiger partial charge on any atom is 0.342 e.